The lowest BCUT2D eigenvalue weighted by atomic mass is 9.87. The normalized spacial score (nSPS) is 15.8. The predicted octanol–water partition coefficient (Wildman–Crippen LogP) is 4.03. The number of nitrogens with one attached hydrogen (secondary N) is 1. The van der Waals surface area contributed by atoms with Gasteiger partial charge in [-0.3, -0.25) is 9.59 Å². The van der Waals surface area contributed by atoms with Gasteiger partial charge in [0.05, 0.1) is 28.0 Å². The summed E-state index contributed by atoms with van der Waals surface area (Å²) in [5, 5.41) is 14.5. The van der Waals surface area contributed by atoms with E-state index in [0.29, 0.717) is 12.5 Å². The van der Waals surface area contributed by atoms with Gasteiger partial charge in [-0.25, -0.2) is 9.67 Å². The highest BCUT2D eigenvalue weighted by atomic mass is 32.1. The number of hydrogen-bond acceptors (Lipinski definition) is 5. The van der Waals surface area contributed by atoms with Crippen molar-refractivity contribution >= 4 is 39.8 Å². The molecular formula is C19H22N4O3S. The number of thiazole rings is 1. The lowest BCUT2D eigenvalue weighted by molar-refractivity contribution is -0.123. The maximum Gasteiger partial charge on any atom is 0.290 e. The lowest BCUT2D eigenvalue weighted by Crippen LogP contribution is -2.26. The van der Waals surface area contributed by atoms with Crippen molar-refractivity contribution in [1.29, 1.82) is 0 Å². The Bertz CT molecular complexity index is 945. The van der Waals surface area contributed by atoms with Gasteiger partial charge in [0.1, 0.15) is 5.82 Å². The van der Waals surface area contributed by atoms with Gasteiger partial charge in [0, 0.05) is 17.9 Å². The molecule has 1 atom stereocenters. The van der Waals surface area contributed by atoms with Crippen molar-refractivity contribution < 1.29 is 14.7 Å². The molecule has 2 aromatic heterocycles. The van der Waals surface area contributed by atoms with Crippen LogP contribution in [0, 0.1) is 0 Å². The van der Waals surface area contributed by atoms with Crippen molar-refractivity contribution in [2.45, 2.75) is 45.1 Å². The summed E-state index contributed by atoms with van der Waals surface area (Å²) in [5.41, 5.74) is 5.15. The molecule has 0 fully saturated rings. The van der Waals surface area contributed by atoms with Crippen molar-refractivity contribution in [3.05, 3.63) is 41.0 Å². The number of carboxylic acid groups (broad SMARTS) is 1. The van der Waals surface area contributed by atoms with Gasteiger partial charge in [-0.05, 0) is 24.5 Å². The fourth-order valence-corrected chi connectivity index (χ4v) is 4.47. The zero-order valence-corrected chi connectivity index (χ0v) is 16.1. The standard InChI is InChI=1S/C18H20N4OS.CH2O2/c1-3-11(4-2)22-18-14(9-20-22)13(8-16(23)21-18)12-6-5-7-15-17(12)24-10-19-15;2-1-3/h5-7,9-11,13H,3-4,8H2,1-2H3,(H,21,23);1H,(H,2,3). The molecule has 7 nitrogen and oxygen atoms in total. The first-order chi connectivity index (χ1) is 13.1. The van der Waals surface area contributed by atoms with E-state index in [9.17, 15) is 4.79 Å². The van der Waals surface area contributed by atoms with E-state index in [1.54, 1.807) is 11.3 Å². The number of benzene rings is 1. The SMILES string of the molecule is CCC(CC)n1ncc2c1NC(=O)CC2c1cccc2ncsc12.O=CO. The molecule has 3 heterocycles. The topological polar surface area (TPSA) is 97.1 Å². The molecule has 142 valence electrons. The van der Waals surface area contributed by atoms with E-state index in [4.69, 9.17) is 9.90 Å². The van der Waals surface area contributed by atoms with Crippen LogP contribution in [0.25, 0.3) is 10.2 Å². The molecule has 0 spiro atoms. The van der Waals surface area contributed by atoms with Gasteiger partial charge in [-0.1, -0.05) is 26.0 Å². The third-order valence-electron chi connectivity index (χ3n) is 4.90. The molecule has 0 aliphatic carbocycles. The van der Waals surface area contributed by atoms with E-state index in [0.717, 1.165) is 29.7 Å². The Morgan fingerprint density at radius 3 is 2.81 bits per heavy atom. The Morgan fingerprint density at radius 1 is 1.37 bits per heavy atom. The van der Waals surface area contributed by atoms with Gasteiger partial charge in [0.25, 0.3) is 6.47 Å². The van der Waals surface area contributed by atoms with Crippen LogP contribution in [-0.2, 0) is 9.59 Å². The van der Waals surface area contributed by atoms with E-state index in [-0.39, 0.29) is 18.3 Å². The van der Waals surface area contributed by atoms with Crippen molar-refractivity contribution in [3.63, 3.8) is 0 Å². The summed E-state index contributed by atoms with van der Waals surface area (Å²) in [4.78, 5) is 25.1. The second-order valence-electron chi connectivity index (χ2n) is 6.32. The molecule has 0 saturated carbocycles. The summed E-state index contributed by atoms with van der Waals surface area (Å²) in [6.45, 7) is 4.06. The number of carbonyl (C=O) groups excluding carboxylic acids is 1. The minimum absolute atomic E-state index is 0.0426. The molecule has 0 bridgehead atoms. The zero-order valence-electron chi connectivity index (χ0n) is 15.3. The summed E-state index contributed by atoms with van der Waals surface area (Å²) in [6.07, 6.45) is 4.38. The molecule has 27 heavy (non-hydrogen) atoms. The average Bonchev–Trinajstić information content (AvgIpc) is 3.30. The zero-order chi connectivity index (χ0) is 19.4. The number of hydrogen-bond donors (Lipinski definition) is 2. The highest BCUT2D eigenvalue weighted by molar-refractivity contribution is 7.17. The van der Waals surface area contributed by atoms with Crippen LogP contribution in [0.4, 0.5) is 5.82 Å². The Kier molecular flexibility index (Phi) is 5.85. The molecule has 1 amide bonds. The van der Waals surface area contributed by atoms with Crippen LogP contribution in [0.2, 0.25) is 0 Å². The highest BCUT2D eigenvalue weighted by Crippen LogP contribution is 2.41. The molecule has 3 aromatic rings. The number of rotatable bonds is 4. The van der Waals surface area contributed by atoms with Gasteiger partial charge in [-0.2, -0.15) is 5.10 Å². The molecule has 1 aromatic carbocycles. The molecule has 0 radical (unpaired) electrons. The third-order valence-corrected chi connectivity index (χ3v) is 5.79. The summed E-state index contributed by atoms with van der Waals surface area (Å²) >= 11 is 1.64. The van der Waals surface area contributed by atoms with Gasteiger partial charge in [0.15, 0.2) is 0 Å². The Hall–Kier alpha value is -2.74. The number of carbonyl (C=O) groups is 2. The minimum atomic E-state index is -0.250. The third kappa shape index (κ3) is 3.57. The highest BCUT2D eigenvalue weighted by Gasteiger charge is 2.32. The molecule has 0 saturated heterocycles. The number of nitrogens with zero attached hydrogens (tertiary/aromatic N) is 3. The van der Waals surface area contributed by atoms with E-state index in [2.05, 4.69) is 35.3 Å². The van der Waals surface area contributed by atoms with E-state index in [1.165, 1.54) is 10.3 Å². The Labute approximate surface area is 161 Å². The summed E-state index contributed by atoms with van der Waals surface area (Å²) in [5.74, 6) is 0.967. The second-order valence-corrected chi connectivity index (χ2v) is 7.18. The number of fused-ring (bicyclic) bond motifs is 2. The van der Waals surface area contributed by atoms with Gasteiger partial charge < -0.3 is 10.4 Å². The van der Waals surface area contributed by atoms with Crippen LogP contribution in [0.3, 0.4) is 0 Å². The maximum absolute atomic E-state index is 12.4. The molecule has 1 aliphatic rings. The first kappa shape index (κ1) is 19.0. The molecule has 4 rings (SSSR count). The van der Waals surface area contributed by atoms with Crippen LogP contribution in [-0.4, -0.2) is 32.3 Å². The molecular weight excluding hydrogens is 364 g/mol. The van der Waals surface area contributed by atoms with Crippen LogP contribution in [0.15, 0.2) is 29.9 Å². The lowest BCUT2D eigenvalue weighted by Gasteiger charge is -2.26. The van der Waals surface area contributed by atoms with Crippen LogP contribution in [0.5, 0.6) is 0 Å². The first-order valence-electron chi connectivity index (χ1n) is 8.91. The second kappa shape index (κ2) is 8.30. The Balaban J connectivity index is 0.000000659. The monoisotopic (exact) mass is 386 g/mol. The smallest absolute Gasteiger partial charge is 0.290 e. The van der Waals surface area contributed by atoms with Crippen LogP contribution >= 0.6 is 11.3 Å². The van der Waals surface area contributed by atoms with Crippen molar-refractivity contribution in [2.75, 3.05) is 5.32 Å². The fraction of sp³-hybridized carbons (Fsp3) is 0.368. The van der Waals surface area contributed by atoms with Crippen molar-refractivity contribution in [1.82, 2.24) is 14.8 Å². The summed E-state index contributed by atoms with van der Waals surface area (Å²) < 4.78 is 3.16. The molecule has 1 unspecified atom stereocenters. The van der Waals surface area contributed by atoms with Gasteiger partial charge >= 0.3 is 0 Å². The summed E-state index contributed by atoms with van der Waals surface area (Å²) in [7, 11) is 0. The van der Waals surface area contributed by atoms with Crippen molar-refractivity contribution in [3.8, 4) is 0 Å². The fourth-order valence-electron chi connectivity index (χ4n) is 3.61. The average molecular weight is 386 g/mol. The van der Waals surface area contributed by atoms with Gasteiger partial charge in [0.2, 0.25) is 5.91 Å². The van der Waals surface area contributed by atoms with Crippen LogP contribution in [0.1, 0.15) is 56.2 Å². The van der Waals surface area contributed by atoms with Crippen molar-refractivity contribution in [2.24, 2.45) is 0 Å². The first-order valence-corrected chi connectivity index (χ1v) is 9.79. The number of anilines is 1. The van der Waals surface area contributed by atoms with E-state index in [1.807, 2.05) is 28.5 Å². The largest absolute Gasteiger partial charge is 0.483 e. The summed E-state index contributed by atoms with van der Waals surface area (Å²) in [6, 6.07) is 6.47. The quantitative estimate of drug-likeness (QED) is 0.660. The minimum Gasteiger partial charge on any atom is -0.483 e. The Morgan fingerprint density at radius 2 is 2.11 bits per heavy atom. The predicted molar refractivity (Wildman–Crippen MR) is 105 cm³/mol. The van der Waals surface area contributed by atoms with E-state index < -0.39 is 0 Å². The number of aromatic nitrogens is 3. The van der Waals surface area contributed by atoms with Gasteiger partial charge in [-0.15, -0.1) is 11.3 Å². The number of amides is 1. The molecule has 2 N–H and O–H groups in total. The molecule has 8 heteroatoms. The maximum atomic E-state index is 12.4. The van der Waals surface area contributed by atoms with E-state index >= 15 is 0 Å². The van der Waals surface area contributed by atoms with Crippen LogP contribution < -0.4 is 5.32 Å². The molecule has 1 aliphatic heterocycles.